The van der Waals surface area contributed by atoms with Crippen molar-refractivity contribution < 1.29 is 28.9 Å². The van der Waals surface area contributed by atoms with Gasteiger partial charge in [0.2, 0.25) is 6.79 Å². The molecule has 1 aliphatic rings. The molecule has 0 unspecified atom stereocenters. The third-order valence-corrected chi connectivity index (χ3v) is 5.57. The summed E-state index contributed by atoms with van der Waals surface area (Å²) in [5.41, 5.74) is 3.97. The number of carbonyl (C=O) groups is 2. The molecule has 0 bridgehead atoms. The first-order chi connectivity index (χ1) is 17.4. The average molecular weight is 552 g/mol. The van der Waals surface area contributed by atoms with Gasteiger partial charge in [0.1, 0.15) is 5.70 Å². The van der Waals surface area contributed by atoms with Crippen molar-refractivity contribution in [2.24, 2.45) is 5.10 Å². The van der Waals surface area contributed by atoms with Gasteiger partial charge in [0.25, 0.3) is 11.8 Å². The maximum Gasteiger partial charge on any atom is 0.287 e. The van der Waals surface area contributed by atoms with E-state index in [1.165, 1.54) is 12.3 Å². The standard InChI is InChI=1S/C26H22BrN3O6/c1-2-34-23-13-17(10-19(27)24(23)31)14-28-30-26(33)20(29-25(32)18-6-4-3-5-7-18)11-16-8-9-21-22(12-16)36-15-35-21/h3-14,31H,2,15H2,1H3,(H,29,32)(H,30,33)/b20-11+,28-14+. The molecule has 2 amide bonds. The zero-order valence-electron chi connectivity index (χ0n) is 19.2. The summed E-state index contributed by atoms with van der Waals surface area (Å²) >= 11 is 3.26. The lowest BCUT2D eigenvalue weighted by atomic mass is 10.1. The van der Waals surface area contributed by atoms with Crippen molar-refractivity contribution in [3.05, 3.63) is 87.5 Å². The molecule has 9 nitrogen and oxygen atoms in total. The van der Waals surface area contributed by atoms with Gasteiger partial charge in [-0.2, -0.15) is 5.10 Å². The molecular weight excluding hydrogens is 530 g/mol. The highest BCUT2D eigenvalue weighted by Gasteiger charge is 2.17. The molecule has 36 heavy (non-hydrogen) atoms. The molecule has 184 valence electrons. The number of fused-ring (bicyclic) bond motifs is 1. The predicted molar refractivity (Wildman–Crippen MR) is 137 cm³/mol. The van der Waals surface area contributed by atoms with Crippen LogP contribution in [0, 0.1) is 0 Å². The number of carbonyl (C=O) groups excluding carboxylic acids is 2. The second-order valence-corrected chi connectivity index (χ2v) is 8.33. The van der Waals surface area contributed by atoms with Crippen LogP contribution in [0.4, 0.5) is 0 Å². The van der Waals surface area contributed by atoms with Gasteiger partial charge in [-0.3, -0.25) is 9.59 Å². The first-order valence-electron chi connectivity index (χ1n) is 10.9. The Morgan fingerprint density at radius 1 is 1.08 bits per heavy atom. The summed E-state index contributed by atoms with van der Waals surface area (Å²) in [6.45, 7) is 2.28. The van der Waals surface area contributed by atoms with E-state index in [9.17, 15) is 14.7 Å². The van der Waals surface area contributed by atoms with E-state index in [0.717, 1.165) is 0 Å². The number of hydrazone groups is 1. The summed E-state index contributed by atoms with van der Waals surface area (Å²) < 4.78 is 16.5. The Balaban J connectivity index is 1.56. The van der Waals surface area contributed by atoms with E-state index in [4.69, 9.17) is 14.2 Å². The largest absolute Gasteiger partial charge is 0.503 e. The first-order valence-corrected chi connectivity index (χ1v) is 11.7. The van der Waals surface area contributed by atoms with E-state index in [-0.39, 0.29) is 24.0 Å². The van der Waals surface area contributed by atoms with Gasteiger partial charge in [0.05, 0.1) is 17.3 Å². The Morgan fingerprint density at radius 3 is 2.64 bits per heavy atom. The van der Waals surface area contributed by atoms with Crippen LogP contribution in [-0.4, -0.2) is 36.5 Å². The third-order valence-electron chi connectivity index (χ3n) is 4.97. The zero-order chi connectivity index (χ0) is 25.5. The zero-order valence-corrected chi connectivity index (χ0v) is 20.7. The molecule has 0 radical (unpaired) electrons. The van der Waals surface area contributed by atoms with Crippen LogP contribution < -0.4 is 25.0 Å². The molecular formula is C26H22BrN3O6. The van der Waals surface area contributed by atoms with E-state index in [1.54, 1.807) is 67.6 Å². The number of phenolic OH excluding ortho intramolecular Hbond substituents is 1. The Hall–Kier alpha value is -4.31. The predicted octanol–water partition coefficient (Wildman–Crippen LogP) is 4.20. The first kappa shape index (κ1) is 24.8. The smallest absolute Gasteiger partial charge is 0.287 e. The number of ether oxygens (including phenoxy) is 3. The fourth-order valence-electron chi connectivity index (χ4n) is 3.27. The summed E-state index contributed by atoms with van der Waals surface area (Å²) in [7, 11) is 0. The van der Waals surface area contributed by atoms with Gasteiger partial charge in [-0.15, -0.1) is 0 Å². The van der Waals surface area contributed by atoms with E-state index in [0.29, 0.717) is 39.3 Å². The molecule has 0 fully saturated rings. The molecule has 0 spiro atoms. The molecule has 0 atom stereocenters. The quantitative estimate of drug-likeness (QED) is 0.219. The summed E-state index contributed by atoms with van der Waals surface area (Å²) in [6, 6.07) is 16.9. The molecule has 0 aliphatic carbocycles. The number of rotatable bonds is 8. The van der Waals surface area contributed by atoms with E-state index in [1.807, 2.05) is 0 Å². The van der Waals surface area contributed by atoms with Crippen molar-refractivity contribution >= 4 is 40.0 Å². The van der Waals surface area contributed by atoms with E-state index < -0.39 is 11.8 Å². The van der Waals surface area contributed by atoms with Crippen molar-refractivity contribution in [2.75, 3.05) is 13.4 Å². The maximum atomic E-state index is 13.0. The number of amides is 2. The number of hydrogen-bond donors (Lipinski definition) is 3. The van der Waals surface area contributed by atoms with Gasteiger partial charge in [-0.1, -0.05) is 24.3 Å². The number of hydrogen-bond acceptors (Lipinski definition) is 7. The monoisotopic (exact) mass is 551 g/mol. The van der Waals surface area contributed by atoms with Crippen LogP contribution in [0.15, 0.2) is 75.9 Å². The molecule has 1 heterocycles. The van der Waals surface area contributed by atoms with Crippen LogP contribution in [0.1, 0.15) is 28.4 Å². The number of nitrogens with one attached hydrogen (secondary N) is 2. The molecule has 3 aromatic carbocycles. The van der Waals surface area contributed by atoms with Crippen LogP contribution in [0.5, 0.6) is 23.0 Å². The summed E-state index contributed by atoms with van der Waals surface area (Å²) in [6.07, 6.45) is 2.90. The normalized spacial score (nSPS) is 12.4. The Kier molecular flexibility index (Phi) is 7.86. The van der Waals surface area contributed by atoms with Crippen LogP contribution >= 0.6 is 15.9 Å². The van der Waals surface area contributed by atoms with Gasteiger partial charge in [0, 0.05) is 5.56 Å². The average Bonchev–Trinajstić information content (AvgIpc) is 3.35. The number of halogens is 1. The van der Waals surface area contributed by atoms with Gasteiger partial charge < -0.3 is 24.6 Å². The van der Waals surface area contributed by atoms with Crippen LogP contribution in [0.25, 0.3) is 6.08 Å². The lowest BCUT2D eigenvalue weighted by Crippen LogP contribution is -2.32. The molecule has 1 aliphatic heterocycles. The second-order valence-electron chi connectivity index (χ2n) is 7.47. The van der Waals surface area contributed by atoms with Crippen LogP contribution in [0.3, 0.4) is 0 Å². The van der Waals surface area contributed by atoms with Crippen molar-refractivity contribution in [2.45, 2.75) is 6.92 Å². The minimum absolute atomic E-state index is 0.0261. The highest BCUT2D eigenvalue weighted by atomic mass is 79.9. The van der Waals surface area contributed by atoms with Gasteiger partial charge in [-0.25, -0.2) is 5.43 Å². The summed E-state index contributed by atoms with van der Waals surface area (Å²) in [5.74, 6) is 0.289. The van der Waals surface area contributed by atoms with Crippen LogP contribution in [0.2, 0.25) is 0 Å². The highest BCUT2D eigenvalue weighted by molar-refractivity contribution is 9.10. The molecule has 3 aromatic rings. The molecule has 0 saturated heterocycles. The maximum absolute atomic E-state index is 13.0. The summed E-state index contributed by atoms with van der Waals surface area (Å²) in [5, 5.41) is 16.7. The number of benzene rings is 3. The summed E-state index contributed by atoms with van der Waals surface area (Å²) in [4.78, 5) is 25.7. The van der Waals surface area contributed by atoms with Crippen molar-refractivity contribution in [3.8, 4) is 23.0 Å². The Morgan fingerprint density at radius 2 is 1.86 bits per heavy atom. The molecule has 0 saturated carbocycles. The number of phenols is 1. The SMILES string of the molecule is CCOc1cc(/C=N/NC(=O)/C(=C\c2ccc3c(c2)OCO3)NC(=O)c2ccccc2)cc(Br)c1O. The van der Waals surface area contributed by atoms with Crippen molar-refractivity contribution in [3.63, 3.8) is 0 Å². The lowest BCUT2D eigenvalue weighted by molar-refractivity contribution is -0.117. The topological polar surface area (TPSA) is 118 Å². The fourth-order valence-corrected chi connectivity index (χ4v) is 3.73. The number of aromatic hydroxyl groups is 1. The molecule has 4 rings (SSSR count). The van der Waals surface area contributed by atoms with Gasteiger partial charge in [-0.05, 0) is 76.5 Å². The van der Waals surface area contributed by atoms with Crippen molar-refractivity contribution in [1.29, 1.82) is 0 Å². The second kappa shape index (κ2) is 11.4. The van der Waals surface area contributed by atoms with E-state index >= 15 is 0 Å². The van der Waals surface area contributed by atoms with Gasteiger partial charge in [0.15, 0.2) is 23.0 Å². The molecule has 0 aromatic heterocycles. The fraction of sp³-hybridized carbons (Fsp3) is 0.115. The van der Waals surface area contributed by atoms with Crippen molar-refractivity contribution in [1.82, 2.24) is 10.7 Å². The highest BCUT2D eigenvalue weighted by Crippen LogP contribution is 2.35. The Bertz CT molecular complexity index is 1340. The van der Waals surface area contributed by atoms with Gasteiger partial charge >= 0.3 is 0 Å². The number of nitrogens with zero attached hydrogens (tertiary/aromatic N) is 1. The minimum Gasteiger partial charge on any atom is -0.503 e. The molecule has 3 N–H and O–H groups in total. The third kappa shape index (κ3) is 6.02. The van der Waals surface area contributed by atoms with Crippen LogP contribution in [-0.2, 0) is 4.79 Å². The van der Waals surface area contributed by atoms with E-state index in [2.05, 4.69) is 31.8 Å². The Labute approximate surface area is 215 Å². The minimum atomic E-state index is -0.643. The lowest BCUT2D eigenvalue weighted by Gasteiger charge is -2.10. The molecule has 10 heteroatoms.